The van der Waals surface area contributed by atoms with Crippen molar-refractivity contribution in [1.82, 2.24) is 15.5 Å². The van der Waals surface area contributed by atoms with Gasteiger partial charge in [-0.05, 0) is 48.6 Å². The quantitative estimate of drug-likeness (QED) is 0.766. The molecule has 0 aliphatic rings. The molecule has 1 aromatic carbocycles. The molecule has 0 aliphatic carbocycles. The summed E-state index contributed by atoms with van der Waals surface area (Å²) in [5.41, 5.74) is 1.88. The molecule has 124 valence electrons. The number of aryl methyl sites for hydroxylation is 1. The zero-order chi connectivity index (χ0) is 17.1. The van der Waals surface area contributed by atoms with Gasteiger partial charge in [-0.2, -0.15) is 0 Å². The van der Waals surface area contributed by atoms with Crippen LogP contribution >= 0.6 is 11.3 Å². The number of benzene rings is 1. The molecule has 3 rings (SSSR count). The second kappa shape index (κ2) is 6.92. The Hall–Kier alpha value is -2.54. The van der Waals surface area contributed by atoms with Crippen LogP contribution in [-0.4, -0.2) is 16.1 Å². The maximum Gasteiger partial charge on any atom is 0.258 e. The third-order valence-electron chi connectivity index (χ3n) is 3.58. The van der Waals surface area contributed by atoms with Gasteiger partial charge in [0.2, 0.25) is 11.8 Å². The molecule has 5 nitrogen and oxygen atoms in total. The van der Waals surface area contributed by atoms with Crippen molar-refractivity contribution in [2.45, 2.75) is 26.3 Å². The molecule has 0 saturated heterocycles. The van der Waals surface area contributed by atoms with Crippen LogP contribution in [0.4, 0.5) is 4.39 Å². The number of hydrogen-bond donors (Lipinski definition) is 1. The average Bonchev–Trinajstić information content (AvgIpc) is 3.16. The summed E-state index contributed by atoms with van der Waals surface area (Å²) in [4.78, 5) is 13.0. The van der Waals surface area contributed by atoms with E-state index in [4.69, 9.17) is 4.42 Å². The number of nitrogens with one attached hydrogen (secondary N) is 1. The maximum absolute atomic E-state index is 12.9. The molecule has 1 unspecified atom stereocenters. The molecule has 1 N–H and O–H groups in total. The lowest BCUT2D eigenvalue weighted by Crippen LogP contribution is -2.28. The van der Waals surface area contributed by atoms with Gasteiger partial charge >= 0.3 is 0 Å². The van der Waals surface area contributed by atoms with Gasteiger partial charge in [-0.15, -0.1) is 21.5 Å². The molecular formula is C17H16FN3O2S. The summed E-state index contributed by atoms with van der Waals surface area (Å²) in [5, 5.41) is 12.7. The maximum atomic E-state index is 12.9. The fourth-order valence-electron chi connectivity index (χ4n) is 2.27. The highest BCUT2D eigenvalue weighted by Gasteiger charge is 2.16. The number of carbonyl (C=O) groups excluding carboxylic acids is 1. The highest BCUT2D eigenvalue weighted by Crippen LogP contribution is 2.27. The van der Waals surface area contributed by atoms with Gasteiger partial charge in [0, 0.05) is 0 Å². The summed E-state index contributed by atoms with van der Waals surface area (Å²) >= 11 is 1.52. The van der Waals surface area contributed by atoms with Crippen LogP contribution in [0.15, 0.2) is 40.1 Å². The molecule has 0 spiro atoms. The van der Waals surface area contributed by atoms with Crippen LogP contribution in [0.1, 0.15) is 30.0 Å². The van der Waals surface area contributed by atoms with E-state index in [1.54, 1.807) is 12.1 Å². The Kier molecular flexibility index (Phi) is 4.71. The molecule has 7 heteroatoms. The van der Waals surface area contributed by atoms with Gasteiger partial charge in [-0.3, -0.25) is 4.79 Å². The van der Waals surface area contributed by atoms with E-state index in [2.05, 4.69) is 15.5 Å². The minimum atomic E-state index is -0.306. The summed E-state index contributed by atoms with van der Waals surface area (Å²) in [6.07, 6.45) is 0.00293. The monoisotopic (exact) mass is 345 g/mol. The van der Waals surface area contributed by atoms with Crippen LogP contribution < -0.4 is 5.32 Å². The summed E-state index contributed by atoms with van der Waals surface area (Å²) in [6.45, 7) is 3.80. The molecule has 24 heavy (non-hydrogen) atoms. The standard InChI is InChI=1S/C17H16FN3O2S/c1-10-7-8-24-16(10)17-21-20-15(23-17)9-14(22)19-11(2)12-3-5-13(18)6-4-12/h3-8,11H,9H2,1-2H3,(H,19,22). The number of halogens is 1. The first-order valence-electron chi connectivity index (χ1n) is 7.44. The smallest absolute Gasteiger partial charge is 0.258 e. The minimum Gasteiger partial charge on any atom is -0.419 e. The normalized spacial score (nSPS) is 12.1. The third-order valence-corrected chi connectivity index (χ3v) is 4.59. The van der Waals surface area contributed by atoms with Crippen LogP contribution in [-0.2, 0) is 11.2 Å². The van der Waals surface area contributed by atoms with Gasteiger partial charge in [0.1, 0.15) is 12.2 Å². The number of rotatable bonds is 5. The molecule has 1 amide bonds. The van der Waals surface area contributed by atoms with E-state index in [1.807, 2.05) is 25.3 Å². The van der Waals surface area contributed by atoms with Crippen molar-refractivity contribution in [3.05, 3.63) is 58.5 Å². The highest BCUT2D eigenvalue weighted by molar-refractivity contribution is 7.13. The second-order valence-corrected chi connectivity index (χ2v) is 6.37. The summed E-state index contributed by atoms with van der Waals surface area (Å²) in [5.74, 6) is 0.156. The van der Waals surface area contributed by atoms with Crippen LogP contribution in [0.5, 0.6) is 0 Å². The van der Waals surface area contributed by atoms with Crippen LogP contribution in [0.3, 0.4) is 0 Å². The predicted molar refractivity (Wildman–Crippen MR) is 89.0 cm³/mol. The Balaban J connectivity index is 1.62. The number of amides is 1. The average molecular weight is 345 g/mol. The fourth-order valence-corrected chi connectivity index (χ4v) is 3.12. The summed E-state index contributed by atoms with van der Waals surface area (Å²) < 4.78 is 18.5. The Bertz CT molecular complexity index is 842. The molecule has 2 aromatic heterocycles. The van der Waals surface area contributed by atoms with Crippen molar-refractivity contribution in [3.63, 3.8) is 0 Å². The molecule has 0 aliphatic heterocycles. The summed E-state index contributed by atoms with van der Waals surface area (Å²) in [7, 11) is 0. The summed E-state index contributed by atoms with van der Waals surface area (Å²) in [6, 6.07) is 7.76. The lowest BCUT2D eigenvalue weighted by atomic mass is 10.1. The number of aromatic nitrogens is 2. The van der Waals surface area contributed by atoms with Gasteiger partial charge in [-0.25, -0.2) is 4.39 Å². The number of carbonyl (C=O) groups is 1. The van der Waals surface area contributed by atoms with Crippen molar-refractivity contribution in [2.75, 3.05) is 0 Å². The second-order valence-electron chi connectivity index (χ2n) is 5.45. The van der Waals surface area contributed by atoms with Gasteiger partial charge < -0.3 is 9.73 Å². The predicted octanol–water partition coefficient (Wildman–Crippen LogP) is 3.67. The first-order valence-corrected chi connectivity index (χ1v) is 8.32. The molecule has 1 atom stereocenters. The van der Waals surface area contributed by atoms with Gasteiger partial charge in [0.05, 0.1) is 10.9 Å². The lowest BCUT2D eigenvalue weighted by Gasteiger charge is -2.13. The van der Waals surface area contributed by atoms with E-state index in [0.29, 0.717) is 5.89 Å². The fraction of sp³-hybridized carbons (Fsp3) is 0.235. The minimum absolute atomic E-state index is 0.00293. The lowest BCUT2D eigenvalue weighted by molar-refractivity contribution is -0.121. The highest BCUT2D eigenvalue weighted by atomic mass is 32.1. The van der Waals surface area contributed by atoms with E-state index in [-0.39, 0.29) is 30.1 Å². The van der Waals surface area contributed by atoms with E-state index in [1.165, 1.54) is 23.5 Å². The third kappa shape index (κ3) is 3.68. The Labute approximate surface area is 142 Å². The number of nitrogens with zero attached hydrogens (tertiary/aromatic N) is 2. The van der Waals surface area contributed by atoms with Crippen LogP contribution in [0.2, 0.25) is 0 Å². The molecule has 0 bridgehead atoms. The molecule has 0 radical (unpaired) electrons. The molecule has 0 fully saturated rings. The number of thiophene rings is 1. The SMILES string of the molecule is Cc1ccsc1-c1nnc(CC(=O)NC(C)c2ccc(F)cc2)o1. The zero-order valence-electron chi connectivity index (χ0n) is 13.2. The topological polar surface area (TPSA) is 68.0 Å². The molecule has 0 saturated carbocycles. The van der Waals surface area contributed by atoms with Crippen LogP contribution in [0.25, 0.3) is 10.8 Å². The first kappa shape index (κ1) is 16.3. The van der Waals surface area contributed by atoms with Crippen LogP contribution in [0, 0.1) is 12.7 Å². The Morgan fingerprint density at radius 1 is 1.29 bits per heavy atom. The van der Waals surface area contributed by atoms with E-state index in [9.17, 15) is 9.18 Å². The van der Waals surface area contributed by atoms with Gasteiger partial charge in [-0.1, -0.05) is 12.1 Å². The van der Waals surface area contributed by atoms with Crippen molar-refractivity contribution in [1.29, 1.82) is 0 Å². The molecule has 3 aromatic rings. The van der Waals surface area contributed by atoms with Crippen molar-refractivity contribution in [3.8, 4) is 10.8 Å². The van der Waals surface area contributed by atoms with Crippen molar-refractivity contribution < 1.29 is 13.6 Å². The zero-order valence-corrected chi connectivity index (χ0v) is 14.1. The van der Waals surface area contributed by atoms with Gasteiger partial charge in [0.25, 0.3) is 5.89 Å². The molecule has 2 heterocycles. The van der Waals surface area contributed by atoms with Gasteiger partial charge in [0.15, 0.2) is 0 Å². The van der Waals surface area contributed by atoms with Crippen molar-refractivity contribution in [2.24, 2.45) is 0 Å². The Morgan fingerprint density at radius 3 is 2.71 bits per heavy atom. The van der Waals surface area contributed by atoms with Crippen molar-refractivity contribution >= 4 is 17.2 Å². The molecular weight excluding hydrogens is 329 g/mol. The van der Waals surface area contributed by atoms with E-state index >= 15 is 0 Å². The largest absolute Gasteiger partial charge is 0.419 e. The van der Waals surface area contributed by atoms with E-state index in [0.717, 1.165) is 16.0 Å². The first-order chi connectivity index (χ1) is 11.5. The van der Waals surface area contributed by atoms with E-state index < -0.39 is 0 Å². The Morgan fingerprint density at radius 2 is 2.04 bits per heavy atom. The number of hydrogen-bond acceptors (Lipinski definition) is 5.